The fraction of sp³-hybridized carbons (Fsp3) is 0.167. The van der Waals surface area contributed by atoms with E-state index in [9.17, 15) is 4.79 Å². The zero-order chi connectivity index (χ0) is 12.3. The molecule has 1 N–H and O–H groups in total. The van der Waals surface area contributed by atoms with Crippen molar-refractivity contribution in [2.24, 2.45) is 0 Å². The van der Waals surface area contributed by atoms with E-state index in [1.807, 2.05) is 30.3 Å². The lowest BCUT2D eigenvalue weighted by Gasteiger charge is -2.12. The first-order valence-electron chi connectivity index (χ1n) is 4.99. The molecule has 1 aromatic heterocycles. The number of carbonyl (C=O) groups is 1. The lowest BCUT2D eigenvalue weighted by Crippen LogP contribution is -2.02. The molecule has 0 saturated heterocycles. The average molecular weight is 249 g/mol. The number of aromatic carboxylic acids is 1. The molecule has 0 aliphatic heterocycles. The Morgan fingerprint density at radius 3 is 2.65 bits per heavy atom. The molecule has 0 spiro atoms. The summed E-state index contributed by atoms with van der Waals surface area (Å²) in [4.78, 5) is 15.1. The number of aromatic nitrogens is 1. The molecule has 17 heavy (non-hydrogen) atoms. The lowest BCUT2D eigenvalue weighted by atomic mass is 10.1. The number of hydrogen-bond acceptors (Lipinski definition) is 4. The highest BCUT2D eigenvalue weighted by molar-refractivity contribution is 7.13. The summed E-state index contributed by atoms with van der Waals surface area (Å²) in [6.45, 7) is 0. The van der Waals surface area contributed by atoms with Gasteiger partial charge in [0.1, 0.15) is 16.0 Å². The van der Waals surface area contributed by atoms with E-state index < -0.39 is 5.97 Å². The third kappa shape index (κ3) is 2.51. The van der Waals surface area contributed by atoms with Crippen LogP contribution in [-0.4, -0.2) is 23.2 Å². The van der Waals surface area contributed by atoms with Crippen LogP contribution in [0.3, 0.4) is 0 Å². The van der Waals surface area contributed by atoms with Gasteiger partial charge >= 0.3 is 5.97 Å². The highest BCUT2D eigenvalue weighted by Crippen LogP contribution is 2.28. The Labute approximate surface area is 103 Å². The molecule has 1 heterocycles. The van der Waals surface area contributed by atoms with Crippen LogP contribution in [0.1, 0.15) is 26.3 Å². The van der Waals surface area contributed by atoms with E-state index in [1.54, 1.807) is 7.11 Å². The maximum absolute atomic E-state index is 10.8. The molecule has 0 fully saturated rings. The number of thiazole rings is 1. The molecule has 0 radical (unpaired) electrons. The molecule has 2 rings (SSSR count). The van der Waals surface area contributed by atoms with Gasteiger partial charge in [-0.05, 0) is 5.56 Å². The third-order valence-corrected chi connectivity index (χ3v) is 3.33. The number of carboxylic acid groups (broad SMARTS) is 1. The van der Waals surface area contributed by atoms with Crippen LogP contribution in [0.25, 0.3) is 0 Å². The largest absolute Gasteiger partial charge is 0.477 e. The molecule has 0 saturated carbocycles. The monoisotopic (exact) mass is 249 g/mol. The Morgan fingerprint density at radius 1 is 1.41 bits per heavy atom. The number of benzene rings is 1. The van der Waals surface area contributed by atoms with E-state index >= 15 is 0 Å². The molecule has 1 unspecified atom stereocenters. The Hall–Kier alpha value is -1.72. The van der Waals surface area contributed by atoms with Gasteiger partial charge in [0.25, 0.3) is 0 Å². The number of rotatable bonds is 4. The van der Waals surface area contributed by atoms with E-state index in [4.69, 9.17) is 9.84 Å². The lowest BCUT2D eigenvalue weighted by molar-refractivity contribution is 0.0702. The standard InChI is InChI=1S/C12H11NO3S/c1-16-10(8-5-3-2-4-6-8)11-13-7-9(17-11)12(14)15/h2-7,10H,1H3,(H,14,15). The molecule has 1 aromatic carbocycles. The normalized spacial score (nSPS) is 12.3. The molecule has 0 aliphatic rings. The van der Waals surface area contributed by atoms with Gasteiger partial charge in [0.05, 0.1) is 6.20 Å². The van der Waals surface area contributed by atoms with Crippen molar-refractivity contribution >= 4 is 17.3 Å². The molecule has 5 heteroatoms. The minimum absolute atomic E-state index is 0.220. The minimum Gasteiger partial charge on any atom is -0.477 e. The highest BCUT2D eigenvalue weighted by atomic mass is 32.1. The van der Waals surface area contributed by atoms with Crippen molar-refractivity contribution in [3.63, 3.8) is 0 Å². The Balaban J connectivity index is 2.32. The van der Waals surface area contributed by atoms with Crippen molar-refractivity contribution in [3.8, 4) is 0 Å². The Kier molecular flexibility index (Phi) is 3.51. The second kappa shape index (κ2) is 5.07. The van der Waals surface area contributed by atoms with Crippen molar-refractivity contribution in [3.05, 3.63) is 52.0 Å². The summed E-state index contributed by atoms with van der Waals surface area (Å²) in [6, 6.07) is 9.59. The molecule has 0 aliphatic carbocycles. The maximum atomic E-state index is 10.8. The van der Waals surface area contributed by atoms with Gasteiger partial charge in [-0.1, -0.05) is 30.3 Å². The molecule has 0 amide bonds. The van der Waals surface area contributed by atoms with Crippen molar-refractivity contribution < 1.29 is 14.6 Å². The van der Waals surface area contributed by atoms with Crippen LogP contribution in [0.5, 0.6) is 0 Å². The molecule has 88 valence electrons. The Bertz CT molecular complexity index is 509. The number of ether oxygens (including phenoxy) is 1. The predicted molar refractivity (Wildman–Crippen MR) is 64.4 cm³/mol. The summed E-state index contributed by atoms with van der Waals surface area (Å²) < 4.78 is 5.37. The van der Waals surface area contributed by atoms with E-state index in [2.05, 4.69) is 4.98 Å². The fourth-order valence-corrected chi connectivity index (χ4v) is 2.38. The van der Waals surface area contributed by atoms with Gasteiger partial charge in [0.2, 0.25) is 0 Å². The van der Waals surface area contributed by atoms with Gasteiger partial charge in [-0.2, -0.15) is 0 Å². The van der Waals surface area contributed by atoms with E-state index in [0.717, 1.165) is 16.9 Å². The molecular weight excluding hydrogens is 238 g/mol. The van der Waals surface area contributed by atoms with Crippen LogP contribution >= 0.6 is 11.3 Å². The van der Waals surface area contributed by atoms with Gasteiger partial charge in [-0.25, -0.2) is 9.78 Å². The van der Waals surface area contributed by atoms with Crippen LogP contribution in [0, 0.1) is 0 Å². The summed E-state index contributed by atoms with van der Waals surface area (Å²) >= 11 is 1.13. The van der Waals surface area contributed by atoms with Crippen LogP contribution < -0.4 is 0 Å². The first-order valence-corrected chi connectivity index (χ1v) is 5.80. The molecule has 4 nitrogen and oxygen atoms in total. The average Bonchev–Trinajstić information content (AvgIpc) is 2.81. The van der Waals surface area contributed by atoms with Crippen molar-refractivity contribution in [1.82, 2.24) is 4.98 Å². The molecule has 2 aromatic rings. The molecular formula is C12H11NO3S. The summed E-state index contributed by atoms with van der Waals surface area (Å²) in [7, 11) is 1.58. The molecule has 0 bridgehead atoms. The molecule has 1 atom stereocenters. The summed E-state index contributed by atoms with van der Waals surface area (Å²) in [5.41, 5.74) is 0.960. The highest BCUT2D eigenvalue weighted by Gasteiger charge is 2.18. The fourth-order valence-electron chi connectivity index (χ4n) is 1.52. The van der Waals surface area contributed by atoms with Crippen LogP contribution in [0.2, 0.25) is 0 Å². The number of hydrogen-bond donors (Lipinski definition) is 1. The second-order valence-electron chi connectivity index (χ2n) is 3.39. The number of nitrogens with zero attached hydrogens (tertiary/aromatic N) is 1. The summed E-state index contributed by atoms with van der Waals surface area (Å²) in [5, 5.41) is 9.50. The zero-order valence-electron chi connectivity index (χ0n) is 9.16. The Morgan fingerprint density at radius 2 is 2.12 bits per heavy atom. The zero-order valence-corrected chi connectivity index (χ0v) is 9.98. The maximum Gasteiger partial charge on any atom is 0.347 e. The van der Waals surface area contributed by atoms with Gasteiger partial charge in [-0.3, -0.25) is 0 Å². The predicted octanol–water partition coefficient (Wildman–Crippen LogP) is 2.58. The van der Waals surface area contributed by atoms with Crippen molar-refractivity contribution in [1.29, 1.82) is 0 Å². The SMILES string of the molecule is COC(c1ccccc1)c1ncc(C(=O)O)s1. The summed E-state index contributed by atoms with van der Waals surface area (Å²) in [6.07, 6.45) is 1.05. The minimum atomic E-state index is -0.961. The first kappa shape index (κ1) is 11.8. The number of methoxy groups -OCH3 is 1. The van der Waals surface area contributed by atoms with Crippen molar-refractivity contribution in [2.45, 2.75) is 6.10 Å². The topological polar surface area (TPSA) is 59.4 Å². The van der Waals surface area contributed by atoms with Crippen LogP contribution in [0.15, 0.2) is 36.5 Å². The number of carboxylic acids is 1. The smallest absolute Gasteiger partial charge is 0.347 e. The van der Waals surface area contributed by atoms with Gasteiger partial charge < -0.3 is 9.84 Å². The van der Waals surface area contributed by atoms with Crippen molar-refractivity contribution in [2.75, 3.05) is 7.11 Å². The first-order chi connectivity index (χ1) is 8.22. The van der Waals surface area contributed by atoms with Crippen LogP contribution in [0.4, 0.5) is 0 Å². The second-order valence-corrected chi connectivity index (χ2v) is 4.46. The van der Waals surface area contributed by atoms with E-state index in [0.29, 0.717) is 5.01 Å². The van der Waals surface area contributed by atoms with Gasteiger partial charge in [0.15, 0.2) is 0 Å². The van der Waals surface area contributed by atoms with Gasteiger partial charge in [-0.15, -0.1) is 11.3 Å². The quantitative estimate of drug-likeness (QED) is 0.904. The van der Waals surface area contributed by atoms with E-state index in [-0.39, 0.29) is 11.0 Å². The van der Waals surface area contributed by atoms with Crippen LogP contribution in [-0.2, 0) is 4.74 Å². The third-order valence-electron chi connectivity index (χ3n) is 2.30. The van der Waals surface area contributed by atoms with Gasteiger partial charge in [0, 0.05) is 7.11 Å². The summed E-state index contributed by atoms with van der Waals surface area (Å²) in [5.74, 6) is -0.961. The van der Waals surface area contributed by atoms with E-state index in [1.165, 1.54) is 6.20 Å².